The summed E-state index contributed by atoms with van der Waals surface area (Å²) in [7, 11) is 1.79. The molecule has 0 amide bonds. The van der Waals surface area contributed by atoms with Crippen LogP contribution < -0.4 is 0 Å². The van der Waals surface area contributed by atoms with E-state index in [1.807, 2.05) is 0 Å². The average Bonchev–Trinajstić information content (AvgIpc) is 2.56. The SMILES string of the molecule is Cn1nnc(CC2CCCCC2Cl)n1. The lowest BCUT2D eigenvalue weighted by atomic mass is 9.86. The van der Waals surface area contributed by atoms with Crippen LogP contribution >= 0.6 is 11.6 Å². The van der Waals surface area contributed by atoms with Gasteiger partial charge < -0.3 is 0 Å². The van der Waals surface area contributed by atoms with Crippen LogP contribution in [0.5, 0.6) is 0 Å². The molecule has 0 aromatic carbocycles. The lowest BCUT2D eigenvalue weighted by Gasteiger charge is -2.25. The fourth-order valence-electron chi connectivity index (χ4n) is 2.03. The van der Waals surface area contributed by atoms with Crippen molar-refractivity contribution in [3.8, 4) is 0 Å². The lowest BCUT2D eigenvalue weighted by Crippen LogP contribution is -2.22. The van der Waals surface area contributed by atoms with Crippen molar-refractivity contribution < 1.29 is 0 Å². The number of aryl methyl sites for hydroxylation is 1. The third-order valence-electron chi connectivity index (χ3n) is 2.81. The standard InChI is InChI=1S/C9H15ClN4/c1-14-12-9(11-13-14)6-7-4-2-3-5-8(7)10/h7-8H,2-6H2,1H3. The van der Waals surface area contributed by atoms with Crippen molar-refractivity contribution in [2.45, 2.75) is 37.5 Å². The van der Waals surface area contributed by atoms with Crippen LogP contribution in [0.1, 0.15) is 31.5 Å². The van der Waals surface area contributed by atoms with Gasteiger partial charge in [-0.25, -0.2) is 0 Å². The van der Waals surface area contributed by atoms with Gasteiger partial charge in [-0.05, 0) is 24.0 Å². The van der Waals surface area contributed by atoms with Crippen LogP contribution in [0.25, 0.3) is 0 Å². The zero-order chi connectivity index (χ0) is 9.97. The molecule has 78 valence electrons. The van der Waals surface area contributed by atoms with Gasteiger partial charge in [0.2, 0.25) is 0 Å². The Bertz CT molecular complexity index is 299. The maximum Gasteiger partial charge on any atom is 0.175 e. The van der Waals surface area contributed by atoms with E-state index in [-0.39, 0.29) is 0 Å². The van der Waals surface area contributed by atoms with E-state index in [1.165, 1.54) is 24.1 Å². The van der Waals surface area contributed by atoms with Crippen LogP contribution in [0, 0.1) is 5.92 Å². The van der Waals surface area contributed by atoms with Gasteiger partial charge in [-0.15, -0.1) is 21.8 Å². The second kappa shape index (κ2) is 4.26. The molecular formula is C9H15ClN4. The molecule has 2 unspecified atom stereocenters. The molecule has 1 aromatic heterocycles. The van der Waals surface area contributed by atoms with Crippen molar-refractivity contribution >= 4 is 11.6 Å². The Morgan fingerprint density at radius 1 is 1.43 bits per heavy atom. The van der Waals surface area contributed by atoms with Crippen LogP contribution in [0.3, 0.4) is 0 Å². The highest BCUT2D eigenvalue weighted by Crippen LogP contribution is 2.30. The molecule has 0 radical (unpaired) electrons. The van der Waals surface area contributed by atoms with E-state index in [4.69, 9.17) is 11.6 Å². The third kappa shape index (κ3) is 2.23. The van der Waals surface area contributed by atoms with E-state index in [9.17, 15) is 0 Å². The van der Waals surface area contributed by atoms with Gasteiger partial charge in [-0.1, -0.05) is 12.8 Å². The largest absolute Gasteiger partial charge is 0.175 e. The smallest absolute Gasteiger partial charge is 0.167 e. The van der Waals surface area contributed by atoms with Gasteiger partial charge in [0, 0.05) is 11.8 Å². The first-order valence-electron chi connectivity index (χ1n) is 5.12. The van der Waals surface area contributed by atoms with E-state index in [1.54, 1.807) is 7.05 Å². The highest BCUT2D eigenvalue weighted by atomic mass is 35.5. The van der Waals surface area contributed by atoms with Crippen molar-refractivity contribution in [1.29, 1.82) is 0 Å². The van der Waals surface area contributed by atoms with Crippen molar-refractivity contribution in [3.63, 3.8) is 0 Å². The normalized spacial score (nSPS) is 27.9. The zero-order valence-electron chi connectivity index (χ0n) is 8.36. The van der Waals surface area contributed by atoms with E-state index in [2.05, 4.69) is 15.4 Å². The molecule has 2 atom stereocenters. The van der Waals surface area contributed by atoms with Gasteiger partial charge in [0.15, 0.2) is 5.82 Å². The molecule has 1 heterocycles. The van der Waals surface area contributed by atoms with Gasteiger partial charge in [0.1, 0.15) is 0 Å². The number of halogens is 1. The maximum absolute atomic E-state index is 6.26. The summed E-state index contributed by atoms with van der Waals surface area (Å²) >= 11 is 6.26. The summed E-state index contributed by atoms with van der Waals surface area (Å²) in [5.41, 5.74) is 0. The van der Waals surface area contributed by atoms with Crippen molar-refractivity contribution in [2.75, 3.05) is 0 Å². The number of hydrogen-bond acceptors (Lipinski definition) is 3. The second-order valence-corrected chi connectivity index (χ2v) is 4.52. The number of tetrazole rings is 1. The molecule has 1 aliphatic rings. The van der Waals surface area contributed by atoms with Gasteiger partial charge >= 0.3 is 0 Å². The lowest BCUT2D eigenvalue weighted by molar-refractivity contribution is 0.358. The summed E-state index contributed by atoms with van der Waals surface area (Å²) in [5, 5.41) is 12.3. The molecule has 0 bridgehead atoms. The van der Waals surface area contributed by atoms with E-state index >= 15 is 0 Å². The number of aromatic nitrogens is 4. The Morgan fingerprint density at radius 3 is 2.86 bits per heavy atom. The number of alkyl halides is 1. The molecule has 1 aliphatic carbocycles. The minimum atomic E-state index is 0.299. The predicted octanol–water partition coefficient (Wildman–Crippen LogP) is 1.55. The predicted molar refractivity (Wildman–Crippen MR) is 54.1 cm³/mol. The topological polar surface area (TPSA) is 43.6 Å². The number of nitrogens with zero attached hydrogens (tertiary/aromatic N) is 4. The maximum atomic E-state index is 6.26. The first-order chi connectivity index (χ1) is 6.75. The Hall–Kier alpha value is -0.640. The number of rotatable bonds is 2. The third-order valence-corrected chi connectivity index (χ3v) is 3.39. The fraction of sp³-hybridized carbons (Fsp3) is 0.889. The molecule has 0 aliphatic heterocycles. The molecule has 0 spiro atoms. The van der Waals surface area contributed by atoms with Gasteiger partial charge in [0.25, 0.3) is 0 Å². The van der Waals surface area contributed by atoms with E-state index < -0.39 is 0 Å². The number of hydrogen-bond donors (Lipinski definition) is 0. The summed E-state index contributed by atoms with van der Waals surface area (Å²) in [4.78, 5) is 1.50. The Morgan fingerprint density at radius 2 is 2.21 bits per heavy atom. The average molecular weight is 215 g/mol. The molecule has 0 saturated heterocycles. The summed E-state index contributed by atoms with van der Waals surface area (Å²) in [6.07, 6.45) is 5.76. The molecule has 1 saturated carbocycles. The second-order valence-electron chi connectivity index (χ2n) is 3.96. The van der Waals surface area contributed by atoms with E-state index in [0.29, 0.717) is 11.3 Å². The molecule has 1 aromatic rings. The summed E-state index contributed by atoms with van der Waals surface area (Å²) in [5.74, 6) is 1.36. The quantitative estimate of drug-likeness (QED) is 0.702. The van der Waals surface area contributed by atoms with Crippen molar-refractivity contribution in [3.05, 3.63) is 5.82 Å². The molecular weight excluding hydrogens is 200 g/mol. The van der Waals surface area contributed by atoms with Gasteiger partial charge in [0.05, 0.1) is 7.05 Å². The molecule has 14 heavy (non-hydrogen) atoms. The van der Waals surface area contributed by atoms with Crippen molar-refractivity contribution in [1.82, 2.24) is 20.2 Å². The zero-order valence-corrected chi connectivity index (χ0v) is 9.11. The van der Waals surface area contributed by atoms with Crippen molar-refractivity contribution in [2.24, 2.45) is 13.0 Å². The monoisotopic (exact) mass is 214 g/mol. The van der Waals surface area contributed by atoms with Crippen LogP contribution in [0.2, 0.25) is 0 Å². The van der Waals surface area contributed by atoms with Crippen LogP contribution in [-0.4, -0.2) is 25.6 Å². The van der Waals surface area contributed by atoms with E-state index in [0.717, 1.165) is 18.7 Å². The molecule has 2 rings (SSSR count). The Labute approximate surface area is 88.6 Å². The summed E-state index contributed by atoms with van der Waals surface area (Å²) < 4.78 is 0. The Balaban J connectivity index is 1.95. The molecule has 4 nitrogen and oxygen atoms in total. The first kappa shape index (κ1) is 9.90. The minimum absolute atomic E-state index is 0.299. The summed E-state index contributed by atoms with van der Waals surface area (Å²) in [6.45, 7) is 0. The first-order valence-corrected chi connectivity index (χ1v) is 5.56. The van der Waals surface area contributed by atoms with Gasteiger partial charge in [-0.3, -0.25) is 0 Å². The summed E-state index contributed by atoms with van der Waals surface area (Å²) in [6, 6.07) is 0. The highest BCUT2D eigenvalue weighted by molar-refractivity contribution is 6.20. The Kier molecular flexibility index (Phi) is 3.01. The van der Waals surface area contributed by atoms with Crippen LogP contribution in [0.15, 0.2) is 0 Å². The fourth-order valence-corrected chi connectivity index (χ4v) is 2.40. The van der Waals surface area contributed by atoms with Gasteiger partial charge in [-0.2, -0.15) is 4.80 Å². The van der Waals surface area contributed by atoms with Crippen LogP contribution in [0.4, 0.5) is 0 Å². The highest BCUT2D eigenvalue weighted by Gasteiger charge is 2.24. The molecule has 1 fully saturated rings. The molecule has 5 heteroatoms. The van der Waals surface area contributed by atoms with Crippen LogP contribution in [-0.2, 0) is 13.5 Å². The minimum Gasteiger partial charge on any atom is -0.167 e. The molecule has 0 N–H and O–H groups in total.